The minimum absolute atomic E-state index is 0.0118. The van der Waals surface area contributed by atoms with Crippen molar-refractivity contribution in [1.82, 2.24) is 34.1 Å². The monoisotopic (exact) mass is 676 g/mol. The van der Waals surface area contributed by atoms with Crippen LogP contribution in [0.1, 0.15) is 47.7 Å². The summed E-state index contributed by atoms with van der Waals surface area (Å²) >= 11 is 0. The molecule has 7 rings (SSSR count). The summed E-state index contributed by atoms with van der Waals surface area (Å²) in [6.07, 6.45) is 6.18. The zero-order chi connectivity index (χ0) is 34.3. The Bertz CT molecular complexity index is 1860. The van der Waals surface area contributed by atoms with Crippen molar-refractivity contribution in [3.63, 3.8) is 0 Å². The van der Waals surface area contributed by atoms with Crippen LogP contribution in [0.3, 0.4) is 0 Å². The first-order valence-corrected chi connectivity index (χ1v) is 17.9. The van der Waals surface area contributed by atoms with Crippen molar-refractivity contribution in [2.75, 3.05) is 71.0 Å². The van der Waals surface area contributed by atoms with Crippen LogP contribution >= 0.6 is 0 Å². The highest BCUT2D eigenvalue weighted by molar-refractivity contribution is 5.97. The van der Waals surface area contributed by atoms with Crippen molar-refractivity contribution < 1.29 is 14.3 Å². The molecule has 262 valence electrons. The molecule has 4 heterocycles. The number of benzene rings is 3. The second kappa shape index (κ2) is 15.4. The molecular weight excluding hydrogens is 628 g/mol. The highest BCUT2D eigenvalue weighted by Crippen LogP contribution is 2.39. The number of likely N-dealkylation sites (tertiary alicyclic amines) is 1. The molecular formula is C39H48N8O3. The maximum Gasteiger partial charge on any atom is 0.257 e. The van der Waals surface area contributed by atoms with Crippen molar-refractivity contribution in [1.29, 1.82) is 0 Å². The lowest BCUT2D eigenvalue weighted by Gasteiger charge is -2.33. The predicted molar refractivity (Wildman–Crippen MR) is 195 cm³/mol. The van der Waals surface area contributed by atoms with Gasteiger partial charge in [0.15, 0.2) is 0 Å². The number of hydrogen-bond donors (Lipinski definition) is 0. The molecule has 1 amide bonds. The molecule has 11 nitrogen and oxygen atoms in total. The normalized spacial score (nSPS) is 18.5. The highest BCUT2D eigenvalue weighted by Gasteiger charge is 2.42. The van der Waals surface area contributed by atoms with Crippen LogP contribution in [0.5, 0.6) is 5.75 Å². The van der Waals surface area contributed by atoms with Crippen LogP contribution in [0.4, 0.5) is 5.95 Å². The maximum absolute atomic E-state index is 14.2. The van der Waals surface area contributed by atoms with Crippen molar-refractivity contribution in [3.05, 3.63) is 102 Å². The number of methoxy groups -OCH3 is 1. The van der Waals surface area contributed by atoms with Gasteiger partial charge >= 0.3 is 0 Å². The minimum atomic E-state index is -0.123. The third-order valence-electron chi connectivity index (χ3n) is 10.4. The zero-order valence-corrected chi connectivity index (χ0v) is 29.3. The highest BCUT2D eigenvalue weighted by atomic mass is 16.5. The van der Waals surface area contributed by atoms with Crippen molar-refractivity contribution in [2.24, 2.45) is 0 Å². The molecule has 2 aliphatic heterocycles. The van der Waals surface area contributed by atoms with Gasteiger partial charge in [0.2, 0.25) is 5.95 Å². The van der Waals surface area contributed by atoms with Crippen LogP contribution in [0.25, 0.3) is 11.0 Å². The third-order valence-corrected chi connectivity index (χ3v) is 10.4. The first-order chi connectivity index (χ1) is 24.6. The van der Waals surface area contributed by atoms with E-state index in [4.69, 9.17) is 14.5 Å². The van der Waals surface area contributed by atoms with E-state index in [1.54, 1.807) is 18.1 Å². The summed E-state index contributed by atoms with van der Waals surface area (Å²) in [5, 5.41) is 4.23. The molecule has 2 aromatic heterocycles. The Morgan fingerprint density at radius 3 is 2.62 bits per heavy atom. The minimum Gasteiger partial charge on any atom is -0.496 e. The van der Waals surface area contributed by atoms with Gasteiger partial charge in [0.1, 0.15) is 18.4 Å². The predicted octanol–water partition coefficient (Wildman–Crippen LogP) is 5.11. The Labute approximate surface area is 294 Å². The number of amides is 1. The number of carbonyl (C=O) groups excluding carboxylic acids is 1. The van der Waals surface area contributed by atoms with Crippen LogP contribution in [0.15, 0.2) is 85.5 Å². The molecule has 1 unspecified atom stereocenters. The summed E-state index contributed by atoms with van der Waals surface area (Å²) in [4.78, 5) is 30.4. The lowest BCUT2D eigenvalue weighted by atomic mass is 9.76. The number of fused-ring (bicyclic) bond motifs is 1. The van der Waals surface area contributed by atoms with Crippen molar-refractivity contribution in [3.8, 4) is 5.75 Å². The van der Waals surface area contributed by atoms with Crippen molar-refractivity contribution in [2.45, 2.75) is 44.7 Å². The van der Waals surface area contributed by atoms with Crippen LogP contribution in [0.2, 0.25) is 0 Å². The number of nitrogens with zero attached hydrogens (tertiary/aromatic N) is 8. The molecule has 11 heteroatoms. The van der Waals surface area contributed by atoms with E-state index in [1.165, 1.54) is 11.9 Å². The van der Waals surface area contributed by atoms with Crippen molar-refractivity contribution >= 4 is 22.9 Å². The molecule has 2 aliphatic rings. The molecule has 2 fully saturated rings. The maximum atomic E-state index is 14.2. The topological polar surface area (TPSA) is 93.8 Å². The van der Waals surface area contributed by atoms with Crippen LogP contribution in [0, 0.1) is 0 Å². The number of rotatable bonds is 13. The number of aromatic nitrogens is 5. The number of ether oxygens (including phenoxy) is 2. The van der Waals surface area contributed by atoms with Gasteiger partial charge in [-0.1, -0.05) is 48.5 Å². The summed E-state index contributed by atoms with van der Waals surface area (Å²) in [6, 6.07) is 25.0. The Morgan fingerprint density at radius 1 is 0.940 bits per heavy atom. The number of anilines is 1. The zero-order valence-electron chi connectivity index (χ0n) is 29.3. The second-order valence-electron chi connectivity index (χ2n) is 13.4. The first kappa shape index (κ1) is 33.7. The van der Waals surface area contributed by atoms with Gasteiger partial charge in [-0.25, -0.2) is 14.6 Å². The fraction of sp³-hybridized carbons (Fsp3) is 0.436. The number of hydrogen-bond acceptors (Lipinski definition) is 8. The van der Waals surface area contributed by atoms with Crippen LogP contribution in [-0.4, -0.2) is 106 Å². The molecule has 0 aliphatic carbocycles. The van der Waals surface area contributed by atoms with Gasteiger partial charge in [-0.3, -0.25) is 4.79 Å². The Morgan fingerprint density at radius 2 is 1.80 bits per heavy atom. The quantitative estimate of drug-likeness (QED) is 0.159. The average Bonchev–Trinajstić information content (AvgIpc) is 3.88. The van der Waals surface area contributed by atoms with Crippen LogP contribution in [-0.2, 0) is 23.2 Å². The van der Waals surface area contributed by atoms with Gasteiger partial charge in [-0.2, -0.15) is 5.10 Å². The summed E-state index contributed by atoms with van der Waals surface area (Å²) in [5.74, 6) is 1.65. The lowest BCUT2D eigenvalue weighted by molar-refractivity contribution is 0.0777. The first-order valence-electron chi connectivity index (χ1n) is 17.9. The third kappa shape index (κ3) is 7.25. The van der Waals surface area contributed by atoms with Gasteiger partial charge < -0.3 is 28.7 Å². The molecule has 0 N–H and O–H groups in total. The number of para-hydroxylation sites is 2. The van der Waals surface area contributed by atoms with Gasteiger partial charge in [-0.05, 0) is 74.7 Å². The fourth-order valence-corrected chi connectivity index (χ4v) is 7.71. The summed E-state index contributed by atoms with van der Waals surface area (Å²) in [5.41, 5.74) is 4.95. The molecule has 0 radical (unpaired) electrons. The van der Waals surface area contributed by atoms with E-state index in [9.17, 15) is 4.79 Å². The fourth-order valence-electron chi connectivity index (χ4n) is 7.71. The van der Waals surface area contributed by atoms with Gasteiger partial charge in [0.25, 0.3) is 5.91 Å². The standard InChI is InChI=1S/C39H48N8O3/c1-3-50-25-24-47-35-13-8-7-12-34(35)42-38(47)44-19-9-18-43(22-23-44)20-16-39(32-10-5-4-6-11-32)17-21-45(28-39)37(48)33-26-31(14-15-36(33)49-2)27-46-30-40-29-41-46/h4-8,10-15,26,29-30H,3,9,16-25,27-28H2,1-2H3. The van der Waals surface area contributed by atoms with E-state index in [0.717, 1.165) is 81.1 Å². The van der Waals surface area contributed by atoms with Gasteiger partial charge in [-0.15, -0.1) is 0 Å². The summed E-state index contributed by atoms with van der Waals surface area (Å²) in [7, 11) is 1.63. The molecule has 0 saturated carbocycles. The molecule has 0 bridgehead atoms. The van der Waals surface area contributed by atoms with Gasteiger partial charge in [0.05, 0.1) is 36.9 Å². The Hall–Kier alpha value is -4.74. The second-order valence-corrected chi connectivity index (χ2v) is 13.4. The molecule has 5 aromatic rings. The average molecular weight is 677 g/mol. The van der Waals surface area contributed by atoms with E-state index in [-0.39, 0.29) is 11.3 Å². The molecule has 1 atom stereocenters. The summed E-state index contributed by atoms with van der Waals surface area (Å²) in [6.45, 7) is 11.0. The number of carbonyl (C=O) groups is 1. The van der Waals surface area contributed by atoms with E-state index in [2.05, 4.69) is 79.0 Å². The molecule has 3 aromatic carbocycles. The van der Waals surface area contributed by atoms with E-state index < -0.39 is 0 Å². The smallest absolute Gasteiger partial charge is 0.257 e. The summed E-state index contributed by atoms with van der Waals surface area (Å²) < 4.78 is 15.5. The van der Waals surface area contributed by atoms with Crippen LogP contribution < -0.4 is 9.64 Å². The molecule has 2 saturated heterocycles. The molecule has 0 spiro atoms. The Kier molecular flexibility index (Phi) is 10.4. The molecule has 50 heavy (non-hydrogen) atoms. The number of imidazole rings is 1. The lowest BCUT2D eigenvalue weighted by Crippen LogP contribution is -2.39. The largest absolute Gasteiger partial charge is 0.496 e. The van der Waals surface area contributed by atoms with E-state index in [1.807, 2.05) is 30.0 Å². The SMILES string of the molecule is CCOCCn1c(N2CCCN(CCC3(c4ccccc4)CCN(C(=O)c4cc(Cn5cncn5)ccc4OC)C3)CC2)nc2ccccc21. The van der Waals surface area contributed by atoms with E-state index >= 15 is 0 Å². The Balaban J connectivity index is 1.05. The van der Waals surface area contributed by atoms with E-state index in [0.29, 0.717) is 44.2 Å². The van der Waals surface area contributed by atoms with Gasteiger partial charge in [0, 0.05) is 51.3 Å².